The quantitative estimate of drug-likeness (QED) is 0.861. The van der Waals surface area contributed by atoms with Gasteiger partial charge in [0.05, 0.1) is 11.6 Å². The van der Waals surface area contributed by atoms with Gasteiger partial charge in [-0.05, 0) is 53.6 Å². The van der Waals surface area contributed by atoms with Gasteiger partial charge < -0.3 is 10.1 Å². The number of nitrogens with one attached hydrogen (secondary N) is 1. The molecule has 1 aliphatic heterocycles. The first-order valence-electron chi connectivity index (χ1n) is 6.09. The second-order valence-electron chi connectivity index (χ2n) is 4.40. The highest BCUT2D eigenvalue weighted by atomic mass is 127. The Morgan fingerprint density at radius 3 is 3.17 bits per heavy atom. The van der Waals surface area contributed by atoms with Gasteiger partial charge in [0, 0.05) is 22.1 Å². The summed E-state index contributed by atoms with van der Waals surface area (Å²) in [6, 6.07) is 6.18. The molecule has 1 atom stereocenters. The smallest absolute Gasteiger partial charge is 0.137 e. The molecule has 4 nitrogen and oxygen atoms in total. The summed E-state index contributed by atoms with van der Waals surface area (Å²) in [5.41, 5.74) is 0.972. The number of aromatic nitrogens is 2. The van der Waals surface area contributed by atoms with E-state index in [1.54, 1.807) is 6.33 Å². The second kappa shape index (κ2) is 5.36. The molecule has 0 aliphatic carbocycles. The number of fused-ring (bicyclic) bond motifs is 1. The second-order valence-corrected chi connectivity index (χ2v) is 5.65. The summed E-state index contributed by atoms with van der Waals surface area (Å²) in [5.74, 6) is 0.897. The Morgan fingerprint density at radius 2 is 2.33 bits per heavy atom. The molecule has 0 radical (unpaired) electrons. The molecule has 1 fully saturated rings. The Labute approximate surface area is 119 Å². The van der Waals surface area contributed by atoms with Gasteiger partial charge in [-0.15, -0.1) is 0 Å². The van der Waals surface area contributed by atoms with Crippen LogP contribution in [-0.2, 0) is 4.74 Å². The summed E-state index contributed by atoms with van der Waals surface area (Å²) in [6.07, 6.45) is 4.22. The third-order valence-corrected chi connectivity index (χ3v) is 3.79. The third kappa shape index (κ3) is 2.56. The predicted octanol–water partition coefficient (Wildman–Crippen LogP) is 2.83. The highest BCUT2D eigenvalue weighted by Gasteiger charge is 2.15. The number of halogens is 1. The van der Waals surface area contributed by atoms with Gasteiger partial charge in [-0.1, -0.05) is 0 Å². The minimum Gasteiger partial charge on any atom is -0.376 e. The first-order valence-corrected chi connectivity index (χ1v) is 7.16. The van der Waals surface area contributed by atoms with E-state index in [0.717, 1.165) is 42.7 Å². The number of anilines is 1. The molecule has 1 N–H and O–H groups in total. The molecule has 18 heavy (non-hydrogen) atoms. The molecule has 5 heteroatoms. The van der Waals surface area contributed by atoms with Crippen LogP contribution in [0.4, 0.5) is 5.82 Å². The van der Waals surface area contributed by atoms with E-state index in [-0.39, 0.29) is 0 Å². The summed E-state index contributed by atoms with van der Waals surface area (Å²) < 4.78 is 6.79. The molecule has 0 amide bonds. The zero-order chi connectivity index (χ0) is 12.4. The fourth-order valence-electron chi connectivity index (χ4n) is 2.19. The summed E-state index contributed by atoms with van der Waals surface area (Å²) in [6.45, 7) is 1.70. The van der Waals surface area contributed by atoms with Gasteiger partial charge in [-0.2, -0.15) is 0 Å². The standard InChI is InChI=1S/C13H14IN3O/c14-9-3-4-12-11(6-9)13(17-8-16-12)15-7-10-2-1-5-18-10/h3-4,6,8,10H,1-2,5,7H2,(H,15,16,17). The normalized spacial score (nSPS) is 19.3. The molecule has 1 aromatic carbocycles. The average Bonchev–Trinajstić information content (AvgIpc) is 2.89. The van der Waals surface area contributed by atoms with Gasteiger partial charge in [0.2, 0.25) is 0 Å². The van der Waals surface area contributed by atoms with Crippen molar-refractivity contribution in [3.05, 3.63) is 28.1 Å². The Morgan fingerprint density at radius 1 is 1.39 bits per heavy atom. The maximum absolute atomic E-state index is 5.60. The van der Waals surface area contributed by atoms with Crippen molar-refractivity contribution in [2.75, 3.05) is 18.5 Å². The highest BCUT2D eigenvalue weighted by Crippen LogP contribution is 2.22. The largest absolute Gasteiger partial charge is 0.376 e. The first-order chi connectivity index (χ1) is 8.83. The molecule has 0 bridgehead atoms. The van der Waals surface area contributed by atoms with E-state index < -0.39 is 0 Å². The SMILES string of the molecule is Ic1ccc2ncnc(NCC3CCCO3)c2c1. The van der Waals surface area contributed by atoms with Crippen LogP contribution in [-0.4, -0.2) is 29.2 Å². The van der Waals surface area contributed by atoms with E-state index in [4.69, 9.17) is 4.74 Å². The highest BCUT2D eigenvalue weighted by molar-refractivity contribution is 14.1. The van der Waals surface area contributed by atoms with E-state index in [9.17, 15) is 0 Å². The summed E-state index contributed by atoms with van der Waals surface area (Å²) >= 11 is 2.30. The van der Waals surface area contributed by atoms with Gasteiger partial charge >= 0.3 is 0 Å². The lowest BCUT2D eigenvalue weighted by molar-refractivity contribution is 0.120. The van der Waals surface area contributed by atoms with Gasteiger partial charge in [0.25, 0.3) is 0 Å². The number of hydrogen-bond donors (Lipinski definition) is 1. The van der Waals surface area contributed by atoms with Crippen LogP contribution in [0.2, 0.25) is 0 Å². The van der Waals surface area contributed by atoms with Crippen molar-refractivity contribution in [1.29, 1.82) is 0 Å². The molecule has 1 aliphatic rings. The Balaban J connectivity index is 1.84. The molecule has 1 unspecified atom stereocenters. The van der Waals surface area contributed by atoms with Gasteiger partial charge in [0.15, 0.2) is 0 Å². The van der Waals surface area contributed by atoms with E-state index in [2.05, 4.69) is 50.0 Å². The minimum absolute atomic E-state index is 0.317. The van der Waals surface area contributed by atoms with Crippen molar-refractivity contribution in [1.82, 2.24) is 9.97 Å². The van der Waals surface area contributed by atoms with Crippen LogP contribution in [0, 0.1) is 3.57 Å². The summed E-state index contributed by atoms with van der Waals surface area (Å²) in [4.78, 5) is 8.60. The third-order valence-electron chi connectivity index (χ3n) is 3.12. The van der Waals surface area contributed by atoms with Crippen LogP contribution in [0.3, 0.4) is 0 Å². The average molecular weight is 355 g/mol. The Bertz CT molecular complexity index is 555. The maximum Gasteiger partial charge on any atom is 0.137 e. The van der Waals surface area contributed by atoms with E-state index in [1.165, 1.54) is 3.57 Å². The molecule has 1 aromatic heterocycles. The predicted molar refractivity (Wildman–Crippen MR) is 79.7 cm³/mol. The molecule has 94 valence electrons. The van der Waals surface area contributed by atoms with Crippen LogP contribution in [0.5, 0.6) is 0 Å². The van der Waals surface area contributed by atoms with E-state index >= 15 is 0 Å². The van der Waals surface area contributed by atoms with Gasteiger partial charge in [0.1, 0.15) is 12.1 Å². The zero-order valence-electron chi connectivity index (χ0n) is 9.90. The van der Waals surface area contributed by atoms with Crippen LogP contribution >= 0.6 is 22.6 Å². The number of ether oxygens (including phenoxy) is 1. The first kappa shape index (κ1) is 12.1. The number of nitrogens with zero attached hydrogens (tertiary/aromatic N) is 2. The van der Waals surface area contributed by atoms with Gasteiger partial charge in [-0.25, -0.2) is 9.97 Å². The van der Waals surface area contributed by atoms with Crippen LogP contribution in [0.15, 0.2) is 24.5 Å². The summed E-state index contributed by atoms with van der Waals surface area (Å²) in [5, 5.41) is 4.45. The number of rotatable bonds is 3. The topological polar surface area (TPSA) is 47.0 Å². The van der Waals surface area contributed by atoms with Crippen molar-refractivity contribution < 1.29 is 4.74 Å². The zero-order valence-corrected chi connectivity index (χ0v) is 12.1. The van der Waals surface area contributed by atoms with E-state index in [0.29, 0.717) is 6.10 Å². The Hall–Kier alpha value is -0.950. The van der Waals surface area contributed by atoms with Crippen molar-refractivity contribution in [2.45, 2.75) is 18.9 Å². The van der Waals surface area contributed by atoms with Crippen LogP contribution in [0.25, 0.3) is 10.9 Å². The molecule has 2 aromatic rings. The van der Waals surface area contributed by atoms with Crippen molar-refractivity contribution in [3.63, 3.8) is 0 Å². The lowest BCUT2D eigenvalue weighted by atomic mass is 10.2. The van der Waals surface area contributed by atoms with Crippen molar-refractivity contribution in [2.24, 2.45) is 0 Å². The van der Waals surface area contributed by atoms with Crippen molar-refractivity contribution in [3.8, 4) is 0 Å². The summed E-state index contributed by atoms with van der Waals surface area (Å²) in [7, 11) is 0. The minimum atomic E-state index is 0.317. The van der Waals surface area contributed by atoms with Crippen molar-refractivity contribution >= 4 is 39.3 Å². The lowest BCUT2D eigenvalue weighted by Gasteiger charge is -2.12. The Kier molecular flexibility index (Phi) is 3.60. The number of benzene rings is 1. The van der Waals surface area contributed by atoms with Crippen LogP contribution < -0.4 is 5.32 Å². The molecular weight excluding hydrogens is 341 g/mol. The molecule has 1 saturated heterocycles. The molecule has 3 rings (SSSR count). The fraction of sp³-hybridized carbons (Fsp3) is 0.385. The van der Waals surface area contributed by atoms with E-state index in [1.807, 2.05) is 6.07 Å². The maximum atomic E-state index is 5.60. The molecular formula is C13H14IN3O. The fourth-order valence-corrected chi connectivity index (χ4v) is 2.68. The molecule has 0 spiro atoms. The molecule has 0 saturated carbocycles. The molecule has 2 heterocycles. The lowest BCUT2D eigenvalue weighted by Crippen LogP contribution is -2.19. The number of hydrogen-bond acceptors (Lipinski definition) is 4. The monoisotopic (exact) mass is 355 g/mol. The van der Waals surface area contributed by atoms with Gasteiger partial charge in [-0.3, -0.25) is 0 Å². The van der Waals surface area contributed by atoms with Crippen LogP contribution in [0.1, 0.15) is 12.8 Å².